The SMILES string of the molecule is CCCCc1nc(Cl)c(C(=O)N[C@H](C(=O)O)[C@@H](C)CC)n1Cc1c2ccocc-2c(Br)c1-c1ccccc1-c1nnn[nH]1. The summed E-state index contributed by atoms with van der Waals surface area (Å²) in [4.78, 5) is 30.4. The molecule has 1 aliphatic carbocycles. The number of carbonyl (C=O) groups excluding carboxylic acids is 1. The number of hydrogen-bond acceptors (Lipinski definition) is 7. The molecule has 2 atom stereocenters. The number of unbranched alkanes of at least 4 members (excludes halogenated alkanes) is 1. The van der Waals surface area contributed by atoms with Crippen molar-refractivity contribution in [2.45, 2.75) is 59.0 Å². The molecule has 0 bridgehead atoms. The number of aromatic amines is 1. The van der Waals surface area contributed by atoms with Gasteiger partial charge in [0.25, 0.3) is 5.91 Å². The molecular weight excluding hydrogens is 638 g/mol. The van der Waals surface area contributed by atoms with Crippen LogP contribution in [0.2, 0.25) is 5.15 Å². The van der Waals surface area contributed by atoms with Gasteiger partial charge in [-0.25, -0.2) is 14.9 Å². The van der Waals surface area contributed by atoms with Gasteiger partial charge in [-0.1, -0.05) is 69.5 Å². The van der Waals surface area contributed by atoms with Gasteiger partial charge in [0.1, 0.15) is 17.6 Å². The van der Waals surface area contributed by atoms with E-state index in [1.165, 1.54) is 0 Å². The summed E-state index contributed by atoms with van der Waals surface area (Å²) in [6, 6.07) is 8.55. The Balaban J connectivity index is 1.69. The monoisotopic (exact) mass is 667 g/mol. The van der Waals surface area contributed by atoms with Crippen LogP contribution in [0.3, 0.4) is 0 Å². The number of fused-ring (bicyclic) bond motifs is 1. The zero-order valence-corrected chi connectivity index (χ0v) is 26.2. The van der Waals surface area contributed by atoms with Gasteiger partial charge in [-0.3, -0.25) is 4.79 Å². The van der Waals surface area contributed by atoms with E-state index < -0.39 is 17.9 Å². The van der Waals surface area contributed by atoms with Crippen molar-refractivity contribution < 1.29 is 19.1 Å². The van der Waals surface area contributed by atoms with Gasteiger partial charge in [0.05, 0.1) is 19.1 Å². The van der Waals surface area contributed by atoms with Crippen molar-refractivity contribution in [3.8, 4) is 33.6 Å². The van der Waals surface area contributed by atoms with Crippen molar-refractivity contribution in [1.82, 2.24) is 35.5 Å². The Morgan fingerprint density at radius 2 is 1.93 bits per heavy atom. The Bertz CT molecular complexity index is 1720. The molecule has 43 heavy (non-hydrogen) atoms. The van der Waals surface area contributed by atoms with Crippen LogP contribution in [0.1, 0.15) is 61.9 Å². The van der Waals surface area contributed by atoms with Crippen molar-refractivity contribution in [2.24, 2.45) is 5.92 Å². The summed E-state index contributed by atoms with van der Waals surface area (Å²) in [6.07, 6.45) is 6.18. The van der Waals surface area contributed by atoms with E-state index >= 15 is 0 Å². The highest BCUT2D eigenvalue weighted by Gasteiger charge is 2.32. The minimum Gasteiger partial charge on any atom is -0.480 e. The summed E-state index contributed by atoms with van der Waals surface area (Å²) in [6.45, 7) is 5.97. The molecule has 0 radical (unpaired) electrons. The van der Waals surface area contributed by atoms with Crippen molar-refractivity contribution in [2.75, 3.05) is 0 Å². The first-order valence-electron chi connectivity index (χ1n) is 14.0. The minimum absolute atomic E-state index is 0.0245. The van der Waals surface area contributed by atoms with E-state index in [4.69, 9.17) is 16.0 Å². The Morgan fingerprint density at radius 3 is 2.60 bits per heavy atom. The Labute approximate surface area is 261 Å². The van der Waals surface area contributed by atoms with E-state index in [1.54, 1.807) is 24.0 Å². The lowest BCUT2D eigenvalue weighted by Gasteiger charge is -2.21. The minimum atomic E-state index is -1.10. The zero-order valence-electron chi connectivity index (χ0n) is 23.9. The van der Waals surface area contributed by atoms with Crippen LogP contribution >= 0.6 is 27.5 Å². The van der Waals surface area contributed by atoms with Gasteiger partial charge in [-0.15, -0.1) is 5.10 Å². The lowest BCUT2D eigenvalue weighted by Crippen LogP contribution is -2.45. The fourth-order valence-corrected chi connectivity index (χ4v) is 6.30. The number of aryl methyl sites for hydroxylation is 1. The first-order valence-corrected chi connectivity index (χ1v) is 15.2. The van der Waals surface area contributed by atoms with Crippen LogP contribution in [0, 0.1) is 5.92 Å². The number of aromatic nitrogens is 6. The molecule has 2 aliphatic rings. The van der Waals surface area contributed by atoms with Gasteiger partial charge in [-0.05, 0) is 61.5 Å². The Hall–Kier alpha value is -4.03. The highest BCUT2D eigenvalue weighted by Crippen LogP contribution is 2.48. The molecule has 3 N–H and O–H groups in total. The fraction of sp³-hybridized carbons (Fsp3) is 0.333. The molecule has 11 nitrogen and oxygen atoms in total. The van der Waals surface area contributed by atoms with Crippen LogP contribution in [0.15, 0.2) is 51.7 Å². The summed E-state index contributed by atoms with van der Waals surface area (Å²) in [7, 11) is 0. The second-order valence-electron chi connectivity index (χ2n) is 10.4. The van der Waals surface area contributed by atoms with E-state index in [0.717, 1.165) is 50.7 Å². The third-order valence-corrected chi connectivity index (χ3v) is 8.81. The molecule has 3 aromatic rings. The Kier molecular flexibility index (Phi) is 9.26. The quantitative estimate of drug-likeness (QED) is 0.137. The third kappa shape index (κ3) is 5.94. The molecule has 1 aliphatic heterocycles. The lowest BCUT2D eigenvalue weighted by molar-refractivity contribution is -0.140. The third-order valence-electron chi connectivity index (χ3n) is 7.72. The van der Waals surface area contributed by atoms with Crippen LogP contribution in [0.4, 0.5) is 0 Å². The molecule has 13 heteroatoms. The number of hydrogen-bond donors (Lipinski definition) is 3. The first kappa shape index (κ1) is 30.4. The summed E-state index contributed by atoms with van der Waals surface area (Å²) in [5.41, 5.74) is 5.25. The van der Waals surface area contributed by atoms with Crippen LogP contribution in [-0.2, 0) is 17.8 Å². The number of carbonyl (C=O) groups is 2. The number of nitrogens with zero attached hydrogens (tertiary/aromatic N) is 5. The number of carboxylic acids is 1. The normalized spacial score (nSPS) is 12.9. The van der Waals surface area contributed by atoms with E-state index in [0.29, 0.717) is 24.5 Å². The molecule has 2 aromatic heterocycles. The zero-order chi connectivity index (χ0) is 30.7. The predicted molar refractivity (Wildman–Crippen MR) is 165 cm³/mol. The number of amides is 1. The fourth-order valence-electron chi connectivity index (χ4n) is 5.26. The molecule has 3 heterocycles. The maximum Gasteiger partial charge on any atom is 0.326 e. The molecule has 0 spiro atoms. The second-order valence-corrected chi connectivity index (χ2v) is 11.5. The number of carboxylic acid groups (broad SMARTS) is 1. The molecule has 224 valence electrons. The smallest absolute Gasteiger partial charge is 0.326 e. The van der Waals surface area contributed by atoms with Crippen molar-refractivity contribution >= 4 is 39.4 Å². The lowest BCUT2D eigenvalue weighted by atomic mass is 9.97. The average molecular weight is 669 g/mol. The van der Waals surface area contributed by atoms with Crippen LogP contribution < -0.4 is 5.32 Å². The number of rotatable bonds is 12. The standard InChI is InChI=1S/C30H31BrClN7O4/c1-4-6-11-22-33-27(32)26(29(40)34-25(30(41)42)16(3)5-2)39(22)14-20-17-12-13-43-15-21(17)24(31)23(20)18-9-7-8-10-19(18)28-35-37-38-36-28/h7-10,12-13,15-16,25H,4-6,11,14H2,1-3H3,(H,34,40)(H,41,42)(H,35,36,37,38)/t16-,25-/m0/s1. The number of halogens is 2. The van der Waals surface area contributed by atoms with Gasteiger partial charge in [0.15, 0.2) is 11.0 Å². The van der Waals surface area contributed by atoms with Gasteiger partial charge < -0.3 is 19.4 Å². The summed E-state index contributed by atoms with van der Waals surface area (Å²) < 4.78 is 8.15. The van der Waals surface area contributed by atoms with E-state index in [1.807, 2.05) is 37.3 Å². The average Bonchev–Trinajstić information content (AvgIpc) is 3.72. The number of imidazole rings is 1. The number of aliphatic carboxylic acids is 1. The van der Waals surface area contributed by atoms with Gasteiger partial charge in [0, 0.05) is 27.6 Å². The van der Waals surface area contributed by atoms with E-state index in [9.17, 15) is 14.7 Å². The molecule has 0 fully saturated rings. The summed E-state index contributed by atoms with van der Waals surface area (Å²) >= 11 is 10.5. The Morgan fingerprint density at radius 1 is 1.16 bits per heavy atom. The van der Waals surface area contributed by atoms with Crippen molar-refractivity contribution in [1.29, 1.82) is 0 Å². The molecule has 1 amide bonds. The first-order chi connectivity index (χ1) is 20.8. The number of tetrazole rings is 1. The number of benzene rings is 1. The number of H-pyrrole nitrogens is 1. The molecule has 0 unspecified atom stereocenters. The van der Waals surface area contributed by atoms with Gasteiger partial charge in [0.2, 0.25) is 0 Å². The van der Waals surface area contributed by atoms with Crippen molar-refractivity contribution in [3.63, 3.8) is 0 Å². The van der Waals surface area contributed by atoms with Gasteiger partial charge in [-0.2, -0.15) is 0 Å². The van der Waals surface area contributed by atoms with Crippen LogP contribution in [0.25, 0.3) is 33.6 Å². The maximum absolute atomic E-state index is 13.8. The maximum atomic E-state index is 13.8. The molecule has 0 saturated carbocycles. The highest BCUT2D eigenvalue weighted by atomic mass is 79.9. The summed E-state index contributed by atoms with van der Waals surface area (Å²) in [5, 5.41) is 27.1. The van der Waals surface area contributed by atoms with Crippen LogP contribution in [0.5, 0.6) is 0 Å². The molecule has 0 saturated heterocycles. The number of nitrogens with one attached hydrogen (secondary N) is 2. The molecule has 1 aromatic carbocycles. The van der Waals surface area contributed by atoms with E-state index in [-0.39, 0.29) is 23.3 Å². The van der Waals surface area contributed by atoms with Crippen LogP contribution in [-0.4, -0.2) is 53.2 Å². The summed E-state index contributed by atoms with van der Waals surface area (Å²) in [5.74, 6) is -0.845. The second kappa shape index (κ2) is 13.1. The molecule has 5 rings (SSSR count). The van der Waals surface area contributed by atoms with E-state index in [2.05, 4.69) is 53.8 Å². The van der Waals surface area contributed by atoms with Crippen molar-refractivity contribution in [3.05, 3.63) is 69.6 Å². The topological polar surface area (TPSA) is 152 Å². The largest absolute Gasteiger partial charge is 0.480 e. The molecular formula is C30H31BrClN7O4. The predicted octanol–water partition coefficient (Wildman–Crippen LogP) is 6.46. The highest BCUT2D eigenvalue weighted by molar-refractivity contribution is 9.10. The van der Waals surface area contributed by atoms with Gasteiger partial charge >= 0.3 is 5.97 Å².